The third kappa shape index (κ3) is 3.57. The molecule has 20 heavy (non-hydrogen) atoms. The van der Waals surface area contributed by atoms with Gasteiger partial charge in [-0.2, -0.15) is 0 Å². The van der Waals surface area contributed by atoms with Crippen LogP contribution in [0.2, 0.25) is 0 Å². The Bertz CT molecular complexity index is 476. The Morgan fingerprint density at radius 3 is 2.80 bits per heavy atom. The van der Waals surface area contributed by atoms with E-state index >= 15 is 0 Å². The first kappa shape index (κ1) is 15.0. The fraction of sp³-hybridized carbons (Fsp3) is 0.533. The second-order valence-corrected chi connectivity index (χ2v) is 5.59. The summed E-state index contributed by atoms with van der Waals surface area (Å²) in [5, 5.41) is 2.96. The van der Waals surface area contributed by atoms with Crippen molar-refractivity contribution in [2.45, 2.75) is 26.3 Å². The summed E-state index contributed by atoms with van der Waals surface area (Å²) < 4.78 is 11.0. The number of hydrogen-bond donors (Lipinski definition) is 1. The highest BCUT2D eigenvalue weighted by molar-refractivity contribution is 6.18. The normalized spacial score (nSPS) is 15.0. The van der Waals surface area contributed by atoms with Crippen LogP contribution in [0.15, 0.2) is 18.2 Å². The number of ether oxygens (including phenoxy) is 2. The lowest BCUT2D eigenvalue weighted by Gasteiger charge is -2.22. The van der Waals surface area contributed by atoms with Crippen LogP contribution in [0.4, 0.5) is 0 Å². The summed E-state index contributed by atoms with van der Waals surface area (Å²) in [7, 11) is 0. The van der Waals surface area contributed by atoms with Crippen LogP contribution >= 0.6 is 11.6 Å². The van der Waals surface area contributed by atoms with Crippen LogP contribution in [0.3, 0.4) is 0 Å². The lowest BCUT2D eigenvalue weighted by atomic mass is 10.0. The maximum Gasteiger partial charge on any atom is 0.255 e. The summed E-state index contributed by atoms with van der Waals surface area (Å²) in [6.45, 7) is 5.18. The summed E-state index contributed by atoms with van der Waals surface area (Å²) in [6.07, 6.45) is 0.849. The van der Waals surface area contributed by atoms with Gasteiger partial charge in [0, 0.05) is 11.9 Å². The number of amides is 1. The number of carbonyl (C=O) groups is 1. The third-order valence-electron chi connectivity index (χ3n) is 3.09. The zero-order chi connectivity index (χ0) is 14.5. The van der Waals surface area contributed by atoms with Crippen molar-refractivity contribution in [2.24, 2.45) is 5.92 Å². The molecule has 4 nitrogen and oxygen atoms in total. The van der Waals surface area contributed by atoms with E-state index in [1.165, 1.54) is 0 Å². The van der Waals surface area contributed by atoms with Crippen LogP contribution in [0, 0.1) is 5.92 Å². The maximum absolute atomic E-state index is 12.4. The minimum Gasteiger partial charge on any atom is -0.486 e. The van der Waals surface area contributed by atoms with Crippen LogP contribution in [0.25, 0.3) is 0 Å². The Hall–Kier alpha value is -1.42. The van der Waals surface area contributed by atoms with Crippen LogP contribution in [-0.2, 0) is 0 Å². The van der Waals surface area contributed by atoms with E-state index < -0.39 is 0 Å². The molecule has 1 aliphatic rings. The largest absolute Gasteiger partial charge is 0.486 e. The highest BCUT2D eigenvalue weighted by atomic mass is 35.5. The predicted octanol–water partition coefficient (Wildman–Crippen LogP) is 2.84. The number of rotatable bonds is 5. The van der Waals surface area contributed by atoms with Crippen molar-refractivity contribution in [3.05, 3.63) is 23.8 Å². The predicted molar refractivity (Wildman–Crippen MR) is 78.9 cm³/mol. The Morgan fingerprint density at radius 1 is 1.35 bits per heavy atom. The number of hydrogen-bond acceptors (Lipinski definition) is 3. The minimum absolute atomic E-state index is 0.0375. The van der Waals surface area contributed by atoms with E-state index in [-0.39, 0.29) is 11.9 Å². The van der Waals surface area contributed by atoms with Gasteiger partial charge in [0.1, 0.15) is 13.2 Å². The van der Waals surface area contributed by atoms with Crippen molar-refractivity contribution < 1.29 is 14.3 Å². The third-order valence-corrected chi connectivity index (χ3v) is 3.46. The van der Waals surface area contributed by atoms with E-state index in [1.807, 2.05) is 0 Å². The molecule has 0 bridgehead atoms. The molecule has 0 radical (unpaired) electrons. The van der Waals surface area contributed by atoms with Crippen molar-refractivity contribution in [1.29, 1.82) is 0 Å². The van der Waals surface area contributed by atoms with Crippen molar-refractivity contribution in [1.82, 2.24) is 5.32 Å². The van der Waals surface area contributed by atoms with Gasteiger partial charge in [0.15, 0.2) is 11.5 Å². The van der Waals surface area contributed by atoms with Gasteiger partial charge in [-0.3, -0.25) is 4.79 Å². The molecule has 1 atom stereocenters. The van der Waals surface area contributed by atoms with Gasteiger partial charge in [-0.1, -0.05) is 19.9 Å². The van der Waals surface area contributed by atoms with Gasteiger partial charge in [-0.05, 0) is 24.5 Å². The van der Waals surface area contributed by atoms with Gasteiger partial charge in [0.2, 0.25) is 0 Å². The Labute approximate surface area is 124 Å². The molecule has 1 N–H and O–H groups in total. The standard InChI is InChI=1S/C15H20ClNO3/c1-10(2)8-11(9-16)17-15(18)12-4-3-5-13-14(12)20-7-6-19-13/h3-5,10-11H,6-9H2,1-2H3,(H,17,18). The molecule has 0 aliphatic carbocycles. The fourth-order valence-corrected chi connectivity index (χ4v) is 2.45. The van der Waals surface area contributed by atoms with Gasteiger partial charge in [0.05, 0.1) is 5.56 Å². The zero-order valence-corrected chi connectivity index (χ0v) is 12.6. The minimum atomic E-state index is -0.168. The fourth-order valence-electron chi connectivity index (χ4n) is 2.25. The summed E-state index contributed by atoms with van der Waals surface area (Å²) in [5.41, 5.74) is 0.501. The lowest BCUT2D eigenvalue weighted by molar-refractivity contribution is 0.0925. The molecule has 0 saturated carbocycles. The lowest BCUT2D eigenvalue weighted by Crippen LogP contribution is -2.37. The molecule has 1 unspecified atom stereocenters. The maximum atomic E-state index is 12.4. The van der Waals surface area contributed by atoms with E-state index in [1.54, 1.807) is 18.2 Å². The number of para-hydroxylation sites is 1. The monoisotopic (exact) mass is 297 g/mol. The van der Waals surface area contributed by atoms with E-state index in [0.717, 1.165) is 6.42 Å². The molecule has 1 heterocycles. The number of halogens is 1. The highest BCUT2D eigenvalue weighted by Gasteiger charge is 2.22. The van der Waals surface area contributed by atoms with Gasteiger partial charge in [0.25, 0.3) is 5.91 Å². The van der Waals surface area contributed by atoms with E-state index in [4.69, 9.17) is 21.1 Å². The highest BCUT2D eigenvalue weighted by Crippen LogP contribution is 2.33. The molecule has 0 fully saturated rings. The van der Waals surface area contributed by atoms with Crippen molar-refractivity contribution in [2.75, 3.05) is 19.1 Å². The van der Waals surface area contributed by atoms with Crippen molar-refractivity contribution in [3.8, 4) is 11.5 Å². The van der Waals surface area contributed by atoms with Crippen LogP contribution < -0.4 is 14.8 Å². The number of nitrogens with one attached hydrogen (secondary N) is 1. The van der Waals surface area contributed by atoms with Crippen molar-refractivity contribution in [3.63, 3.8) is 0 Å². The number of carbonyl (C=O) groups excluding carboxylic acids is 1. The van der Waals surface area contributed by atoms with Crippen molar-refractivity contribution >= 4 is 17.5 Å². The molecular weight excluding hydrogens is 278 g/mol. The first-order valence-corrected chi connectivity index (χ1v) is 7.40. The molecule has 0 spiro atoms. The average molecular weight is 298 g/mol. The molecule has 1 aromatic rings. The first-order chi connectivity index (χ1) is 9.61. The second kappa shape index (κ2) is 6.84. The quantitative estimate of drug-likeness (QED) is 0.850. The summed E-state index contributed by atoms with van der Waals surface area (Å²) in [6, 6.07) is 5.30. The summed E-state index contributed by atoms with van der Waals surface area (Å²) >= 11 is 5.92. The molecule has 0 aromatic heterocycles. The van der Waals surface area contributed by atoms with Crippen LogP contribution in [0.1, 0.15) is 30.6 Å². The summed E-state index contributed by atoms with van der Waals surface area (Å²) in [5.74, 6) is 1.85. The molecule has 0 saturated heterocycles. The van der Waals surface area contributed by atoms with Crippen LogP contribution in [0.5, 0.6) is 11.5 Å². The number of alkyl halides is 1. The SMILES string of the molecule is CC(C)CC(CCl)NC(=O)c1cccc2c1OCCO2. The van der Waals surface area contributed by atoms with E-state index in [9.17, 15) is 4.79 Å². The molecule has 2 rings (SSSR count). The topological polar surface area (TPSA) is 47.6 Å². The molecule has 1 aromatic carbocycles. The van der Waals surface area contributed by atoms with Gasteiger partial charge < -0.3 is 14.8 Å². The number of benzene rings is 1. The molecule has 1 aliphatic heterocycles. The Balaban J connectivity index is 2.13. The smallest absolute Gasteiger partial charge is 0.255 e. The average Bonchev–Trinajstić information content (AvgIpc) is 2.45. The van der Waals surface area contributed by atoms with Gasteiger partial charge >= 0.3 is 0 Å². The summed E-state index contributed by atoms with van der Waals surface area (Å²) in [4.78, 5) is 12.4. The molecule has 5 heteroatoms. The molecule has 1 amide bonds. The Kier molecular flexibility index (Phi) is 5.12. The molecular formula is C15H20ClNO3. The van der Waals surface area contributed by atoms with Gasteiger partial charge in [-0.15, -0.1) is 11.6 Å². The van der Waals surface area contributed by atoms with Crippen LogP contribution in [-0.4, -0.2) is 31.0 Å². The Morgan fingerprint density at radius 2 is 2.10 bits per heavy atom. The van der Waals surface area contributed by atoms with E-state index in [2.05, 4.69) is 19.2 Å². The number of fused-ring (bicyclic) bond motifs is 1. The zero-order valence-electron chi connectivity index (χ0n) is 11.8. The second-order valence-electron chi connectivity index (χ2n) is 5.28. The first-order valence-electron chi connectivity index (χ1n) is 6.87. The molecule has 110 valence electrons. The van der Waals surface area contributed by atoms with E-state index in [0.29, 0.717) is 42.1 Å². The van der Waals surface area contributed by atoms with Gasteiger partial charge in [-0.25, -0.2) is 0 Å².